The normalized spacial score (nSPS) is 12.8. The Balaban J connectivity index is 3.48. The smallest absolute Gasteiger partial charge is 0.305 e. The molecule has 6 nitrogen and oxygen atoms in total. The second-order valence-electron chi connectivity index (χ2n) is 21.0. The third-order valence-corrected chi connectivity index (χ3v) is 14.2. The van der Waals surface area contributed by atoms with E-state index in [-0.39, 0.29) is 18.5 Å². The highest BCUT2D eigenvalue weighted by Gasteiger charge is 2.18. The minimum atomic E-state index is -0.856. The third-order valence-electron chi connectivity index (χ3n) is 14.2. The second kappa shape index (κ2) is 58.6. The van der Waals surface area contributed by atoms with Crippen LogP contribution in [0.3, 0.4) is 0 Å². The van der Waals surface area contributed by atoms with Crippen molar-refractivity contribution in [3.63, 3.8) is 0 Å². The van der Waals surface area contributed by atoms with Gasteiger partial charge in [-0.3, -0.25) is 9.59 Å². The lowest BCUT2D eigenvalue weighted by Gasteiger charge is -2.20. The molecule has 0 heterocycles. The number of unbranched alkanes of at least 4 members (excludes halogenated alkanes) is 42. The predicted molar refractivity (Wildman–Crippen MR) is 301 cm³/mol. The van der Waals surface area contributed by atoms with E-state index >= 15 is 0 Å². The zero-order valence-corrected chi connectivity index (χ0v) is 46.3. The number of aliphatic hydroxyl groups is 2. The van der Waals surface area contributed by atoms with Crippen LogP contribution in [0.4, 0.5) is 0 Å². The molecule has 0 aromatic rings. The first kappa shape index (κ1) is 67.1. The molecule has 0 aliphatic heterocycles. The standard InChI is InChI=1S/C63H119NO5/c1-3-5-7-9-11-13-15-17-19-21-23-24-26-27-29-31-35-39-43-47-51-55-61(66)60(59-65)64-62(67)56-52-48-44-40-36-33-34-38-42-46-50-54-58-69-63(68)57-53-49-45-41-37-32-30-28-25-22-20-18-16-14-12-10-8-6-4-2/h12,14,18,20,51,55,60-61,65-66H,3-11,13,15-17,19,21-50,52-54,56-59H2,1-2H3,(H,64,67)/b14-12-,20-18-,55-51+. The van der Waals surface area contributed by atoms with Crippen LogP contribution >= 0.6 is 0 Å². The van der Waals surface area contributed by atoms with Gasteiger partial charge in [-0.2, -0.15) is 0 Å². The average Bonchev–Trinajstić information content (AvgIpc) is 3.35. The summed E-state index contributed by atoms with van der Waals surface area (Å²) in [5.74, 6) is -0.0953. The molecule has 0 aliphatic carbocycles. The maximum atomic E-state index is 12.5. The zero-order valence-electron chi connectivity index (χ0n) is 46.3. The van der Waals surface area contributed by atoms with Gasteiger partial charge in [-0.1, -0.05) is 288 Å². The Hall–Kier alpha value is -1.92. The molecule has 406 valence electrons. The van der Waals surface area contributed by atoms with Crippen molar-refractivity contribution >= 4 is 11.9 Å². The van der Waals surface area contributed by atoms with Gasteiger partial charge in [-0.05, 0) is 64.2 Å². The van der Waals surface area contributed by atoms with Crippen LogP contribution in [0.15, 0.2) is 36.5 Å². The van der Waals surface area contributed by atoms with E-state index < -0.39 is 12.1 Å². The van der Waals surface area contributed by atoms with Crippen LogP contribution < -0.4 is 5.32 Å². The lowest BCUT2D eigenvalue weighted by molar-refractivity contribution is -0.143. The summed E-state index contributed by atoms with van der Waals surface area (Å²) in [6, 6.07) is -0.641. The molecule has 0 saturated carbocycles. The van der Waals surface area contributed by atoms with Gasteiger partial charge in [0.25, 0.3) is 0 Å². The van der Waals surface area contributed by atoms with Crippen LogP contribution in [0.1, 0.15) is 328 Å². The number of allylic oxidation sites excluding steroid dienone is 5. The Labute approximate surface area is 430 Å². The fourth-order valence-electron chi connectivity index (χ4n) is 9.43. The van der Waals surface area contributed by atoms with E-state index in [4.69, 9.17) is 4.74 Å². The van der Waals surface area contributed by atoms with Gasteiger partial charge in [-0.15, -0.1) is 0 Å². The second-order valence-corrected chi connectivity index (χ2v) is 21.0. The Morgan fingerprint density at radius 1 is 0.406 bits per heavy atom. The van der Waals surface area contributed by atoms with Gasteiger partial charge in [0, 0.05) is 12.8 Å². The van der Waals surface area contributed by atoms with Gasteiger partial charge in [0.2, 0.25) is 5.91 Å². The summed E-state index contributed by atoms with van der Waals surface area (Å²) >= 11 is 0. The molecule has 6 heteroatoms. The first-order valence-electron chi connectivity index (χ1n) is 30.8. The summed E-state index contributed by atoms with van der Waals surface area (Å²) in [4.78, 5) is 24.6. The highest BCUT2D eigenvalue weighted by molar-refractivity contribution is 5.76. The van der Waals surface area contributed by atoms with Crippen molar-refractivity contribution in [3.8, 4) is 0 Å². The van der Waals surface area contributed by atoms with Crippen molar-refractivity contribution in [2.24, 2.45) is 0 Å². The zero-order chi connectivity index (χ0) is 50.0. The number of hydrogen-bond donors (Lipinski definition) is 3. The van der Waals surface area contributed by atoms with Gasteiger partial charge < -0.3 is 20.3 Å². The number of amides is 1. The minimum absolute atomic E-state index is 0.0141. The van der Waals surface area contributed by atoms with Gasteiger partial charge in [0.1, 0.15) is 0 Å². The Kier molecular flexibility index (Phi) is 57.0. The molecule has 3 N–H and O–H groups in total. The SMILES string of the molecule is CCCCC/C=C\C/C=C\CCCCCCCCCCCC(=O)OCCCCCCCCCCCCCCC(=O)NC(CO)C(O)/C=C/CCCCCCCCCCCCCCCCCCCCC. The number of hydrogen-bond acceptors (Lipinski definition) is 5. The van der Waals surface area contributed by atoms with E-state index in [1.165, 1.54) is 238 Å². The lowest BCUT2D eigenvalue weighted by atomic mass is 10.0. The maximum absolute atomic E-state index is 12.5. The molecule has 1 amide bonds. The van der Waals surface area contributed by atoms with Crippen LogP contribution in [-0.4, -0.2) is 47.4 Å². The highest BCUT2D eigenvalue weighted by Crippen LogP contribution is 2.17. The molecule has 69 heavy (non-hydrogen) atoms. The van der Waals surface area contributed by atoms with Crippen molar-refractivity contribution in [1.29, 1.82) is 0 Å². The largest absolute Gasteiger partial charge is 0.466 e. The number of aliphatic hydroxyl groups excluding tert-OH is 2. The monoisotopic (exact) mass is 970 g/mol. The molecular weight excluding hydrogens is 851 g/mol. The van der Waals surface area contributed by atoms with Crippen molar-refractivity contribution < 1.29 is 24.5 Å². The number of nitrogens with one attached hydrogen (secondary N) is 1. The lowest BCUT2D eigenvalue weighted by Crippen LogP contribution is -2.45. The van der Waals surface area contributed by atoms with Gasteiger partial charge in [0.15, 0.2) is 0 Å². The number of ether oxygens (including phenoxy) is 1. The molecule has 0 fully saturated rings. The predicted octanol–water partition coefficient (Wildman–Crippen LogP) is 19.2. The summed E-state index contributed by atoms with van der Waals surface area (Å²) < 4.78 is 5.48. The summed E-state index contributed by atoms with van der Waals surface area (Å²) in [6.07, 6.45) is 73.1. The van der Waals surface area contributed by atoms with E-state index in [1.807, 2.05) is 6.08 Å². The van der Waals surface area contributed by atoms with Crippen molar-refractivity contribution in [2.75, 3.05) is 13.2 Å². The number of carbonyl (C=O) groups excluding carboxylic acids is 2. The van der Waals surface area contributed by atoms with Gasteiger partial charge in [0.05, 0.1) is 25.4 Å². The van der Waals surface area contributed by atoms with Crippen LogP contribution in [-0.2, 0) is 14.3 Å². The summed E-state index contributed by atoms with van der Waals surface area (Å²) in [7, 11) is 0. The van der Waals surface area contributed by atoms with E-state index in [2.05, 4.69) is 43.5 Å². The molecule has 0 bridgehead atoms. The molecular formula is C63H119NO5. The van der Waals surface area contributed by atoms with E-state index in [0.717, 1.165) is 64.2 Å². The quantitative estimate of drug-likeness (QED) is 0.0321. The Morgan fingerprint density at radius 2 is 0.725 bits per heavy atom. The Bertz CT molecular complexity index is 1120. The van der Waals surface area contributed by atoms with Crippen LogP contribution in [0.2, 0.25) is 0 Å². The average molecular weight is 971 g/mol. The van der Waals surface area contributed by atoms with Crippen LogP contribution in [0.5, 0.6) is 0 Å². The van der Waals surface area contributed by atoms with Crippen molar-refractivity contribution in [2.45, 2.75) is 341 Å². The van der Waals surface area contributed by atoms with E-state index in [1.54, 1.807) is 6.08 Å². The highest BCUT2D eigenvalue weighted by atomic mass is 16.5. The molecule has 0 radical (unpaired) electrons. The molecule has 0 aliphatic rings. The number of esters is 1. The van der Waals surface area contributed by atoms with Gasteiger partial charge >= 0.3 is 5.97 Å². The summed E-state index contributed by atoms with van der Waals surface area (Å²) in [5, 5.41) is 23.2. The molecule has 0 rings (SSSR count). The molecule has 2 atom stereocenters. The van der Waals surface area contributed by atoms with E-state index in [9.17, 15) is 19.8 Å². The number of rotatable bonds is 57. The van der Waals surface area contributed by atoms with Crippen molar-refractivity contribution in [3.05, 3.63) is 36.5 Å². The molecule has 2 unspecified atom stereocenters. The first-order valence-corrected chi connectivity index (χ1v) is 30.8. The minimum Gasteiger partial charge on any atom is -0.466 e. The van der Waals surface area contributed by atoms with E-state index in [0.29, 0.717) is 19.4 Å². The summed E-state index contributed by atoms with van der Waals surface area (Å²) in [5.41, 5.74) is 0. The first-order chi connectivity index (χ1) is 34.0. The fourth-order valence-corrected chi connectivity index (χ4v) is 9.43. The Morgan fingerprint density at radius 3 is 1.13 bits per heavy atom. The van der Waals surface area contributed by atoms with Crippen LogP contribution in [0.25, 0.3) is 0 Å². The molecule has 0 aromatic carbocycles. The van der Waals surface area contributed by atoms with Crippen LogP contribution in [0, 0.1) is 0 Å². The number of carbonyl (C=O) groups is 2. The van der Waals surface area contributed by atoms with Crippen molar-refractivity contribution in [1.82, 2.24) is 5.32 Å². The molecule has 0 aromatic heterocycles. The third kappa shape index (κ3) is 55.2. The van der Waals surface area contributed by atoms with Gasteiger partial charge in [-0.25, -0.2) is 0 Å². The maximum Gasteiger partial charge on any atom is 0.305 e. The molecule has 0 spiro atoms. The topological polar surface area (TPSA) is 95.9 Å². The summed E-state index contributed by atoms with van der Waals surface area (Å²) in [6.45, 7) is 4.86. The molecule has 0 saturated heterocycles. The fraction of sp³-hybridized carbons (Fsp3) is 0.873.